The molecule has 2 fully saturated rings. The Kier molecular flexibility index (Phi) is 6.33. The van der Waals surface area contributed by atoms with Gasteiger partial charge in [0.05, 0.1) is 4.92 Å². The fraction of sp³-hybridized carbons (Fsp3) is 0.579. The van der Waals surface area contributed by atoms with Gasteiger partial charge in [0.1, 0.15) is 5.69 Å². The summed E-state index contributed by atoms with van der Waals surface area (Å²) in [6.45, 7) is 4.45. The largest absolute Gasteiger partial charge is 0.377 e. The van der Waals surface area contributed by atoms with Gasteiger partial charge in [0.25, 0.3) is 11.6 Å². The van der Waals surface area contributed by atoms with Crippen LogP contribution in [-0.2, 0) is 0 Å². The molecule has 152 valence electrons. The molecule has 4 N–H and O–H groups in total. The van der Waals surface area contributed by atoms with Crippen LogP contribution in [0.25, 0.3) is 0 Å². The summed E-state index contributed by atoms with van der Waals surface area (Å²) in [7, 11) is 0. The Labute approximate surface area is 170 Å². The van der Waals surface area contributed by atoms with E-state index in [4.69, 9.17) is 12.2 Å². The van der Waals surface area contributed by atoms with E-state index < -0.39 is 10.8 Å². The molecular formula is C19H27N5O3S. The molecule has 0 aliphatic heterocycles. The number of thiocarbonyl (C=S) groups is 1. The van der Waals surface area contributed by atoms with Gasteiger partial charge in [-0.2, -0.15) is 0 Å². The van der Waals surface area contributed by atoms with E-state index >= 15 is 0 Å². The van der Waals surface area contributed by atoms with E-state index in [0.717, 1.165) is 25.7 Å². The molecule has 3 rings (SSSR count). The molecule has 1 aromatic rings. The highest BCUT2D eigenvalue weighted by Gasteiger charge is 2.28. The van der Waals surface area contributed by atoms with Gasteiger partial charge in [-0.05, 0) is 55.4 Å². The first-order chi connectivity index (χ1) is 13.3. The number of hydrogen-bond acceptors (Lipinski definition) is 5. The molecular weight excluding hydrogens is 378 g/mol. The number of nitro benzene ring substituents is 1. The van der Waals surface area contributed by atoms with E-state index in [1.54, 1.807) is 12.1 Å². The first-order valence-electron chi connectivity index (χ1n) is 9.77. The number of carbonyl (C=O) groups is 1. The molecule has 0 aromatic heterocycles. The molecule has 2 aliphatic rings. The van der Waals surface area contributed by atoms with Crippen molar-refractivity contribution >= 4 is 34.6 Å². The van der Waals surface area contributed by atoms with Crippen LogP contribution in [0, 0.1) is 22.0 Å². The minimum absolute atomic E-state index is 0.106. The van der Waals surface area contributed by atoms with Gasteiger partial charge in [-0.25, -0.2) is 0 Å². The van der Waals surface area contributed by atoms with Crippen molar-refractivity contribution in [2.24, 2.45) is 11.8 Å². The zero-order valence-corrected chi connectivity index (χ0v) is 17.0. The average Bonchev–Trinajstić information content (AvgIpc) is 3.47. The van der Waals surface area contributed by atoms with Gasteiger partial charge >= 0.3 is 0 Å². The van der Waals surface area contributed by atoms with Crippen molar-refractivity contribution in [1.29, 1.82) is 0 Å². The Bertz CT molecular complexity index is 768. The van der Waals surface area contributed by atoms with E-state index in [0.29, 0.717) is 22.6 Å². The van der Waals surface area contributed by atoms with Gasteiger partial charge in [-0.15, -0.1) is 0 Å². The predicted octanol–water partition coefficient (Wildman–Crippen LogP) is 3.10. The number of nitrogens with one attached hydrogen (secondary N) is 4. The van der Waals surface area contributed by atoms with Crippen LogP contribution in [0.3, 0.4) is 0 Å². The van der Waals surface area contributed by atoms with Crippen molar-refractivity contribution < 1.29 is 9.72 Å². The van der Waals surface area contributed by atoms with Crippen LogP contribution in [-0.4, -0.2) is 28.0 Å². The number of benzene rings is 1. The summed E-state index contributed by atoms with van der Waals surface area (Å²) in [4.78, 5) is 23.2. The SMILES string of the molecule is C[C@H]1[C@@H](NC(=S)NNC(=O)c2ccc(NC3CC3)c([N+](=O)[O-])c2)CCC[C@@H]1C. The summed E-state index contributed by atoms with van der Waals surface area (Å²) in [6, 6.07) is 4.98. The van der Waals surface area contributed by atoms with Crippen LogP contribution in [0.4, 0.5) is 11.4 Å². The summed E-state index contributed by atoms with van der Waals surface area (Å²) in [5, 5.41) is 18.1. The molecule has 0 spiro atoms. The number of anilines is 1. The van der Waals surface area contributed by atoms with Crippen molar-refractivity contribution in [2.75, 3.05) is 5.32 Å². The van der Waals surface area contributed by atoms with Crippen molar-refractivity contribution in [3.8, 4) is 0 Å². The molecule has 2 saturated carbocycles. The predicted molar refractivity (Wildman–Crippen MR) is 112 cm³/mol. The highest BCUT2D eigenvalue weighted by atomic mass is 32.1. The smallest absolute Gasteiger partial charge is 0.293 e. The fourth-order valence-corrected chi connectivity index (χ4v) is 3.77. The van der Waals surface area contributed by atoms with Gasteiger partial charge in [-0.3, -0.25) is 25.8 Å². The van der Waals surface area contributed by atoms with Crippen LogP contribution in [0.5, 0.6) is 0 Å². The topological polar surface area (TPSA) is 108 Å². The van der Waals surface area contributed by atoms with Gasteiger partial charge in [0.15, 0.2) is 5.11 Å². The second-order valence-electron chi connectivity index (χ2n) is 7.83. The molecule has 0 radical (unpaired) electrons. The molecule has 28 heavy (non-hydrogen) atoms. The number of amides is 1. The Morgan fingerprint density at radius 3 is 2.61 bits per heavy atom. The number of nitro groups is 1. The van der Waals surface area contributed by atoms with Crippen molar-refractivity contribution in [1.82, 2.24) is 16.2 Å². The van der Waals surface area contributed by atoms with Crippen LogP contribution in [0.15, 0.2) is 18.2 Å². The molecule has 2 aliphatic carbocycles. The number of rotatable bonds is 5. The normalized spacial score (nSPS) is 24.1. The number of carbonyl (C=O) groups excluding carboxylic acids is 1. The van der Waals surface area contributed by atoms with Crippen molar-refractivity contribution in [2.45, 2.75) is 58.0 Å². The summed E-state index contributed by atoms with van der Waals surface area (Å²) in [5.41, 5.74) is 5.75. The van der Waals surface area contributed by atoms with E-state index in [-0.39, 0.29) is 23.3 Å². The lowest BCUT2D eigenvalue weighted by Crippen LogP contribution is -2.52. The Hall–Kier alpha value is -2.42. The van der Waals surface area contributed by atoms with Crippen molar-refractivity contribution in [3.05, 3.63) is 33.9 Å². The van der Waals surface area contributed by atoms with Gasteiger partial charge in [0, 0.05) is 23.7 Å². The second kappa shape index (κ2) is 8.72. The third-order valence-electron chi connectivity index (χ3n) is 5.71. The Balaban J connectivity index is 1.56. The number of nitrogens with zero attached hydrogens (tertiary/aromatic N) is 1. The summed E-state index contributed by atoms with van der Waals surface area (Å²) < 4.78 is 0. The first-order valence-corrected chi connectivity index (χ1v) is 10.2. The van der Waals surface area contributed by atoms with Crippen LogP contribution < -0.4 is 21.5 Å². The average molecular weight is 406 g/mol. The fourth-order valence-electron chi connectivity index (χ4n) is 3.57. The molecule has 0 bridgehead atoms. The Morgan fingerprint density at radius 2 is 1.93 bits per heavy atom. The van der Waals surface area contributed by atoms with Crippen LogP contribution >= 0.6 is 12.2 Å². The summed E-state index contributed by atoms with van der Waals surface area (Å²) >= 11 is 5.28. The molecule has 0 heterocycles. The molecule has 9 heteroatoms. The highest BCUT2D eigenvalue weighted by molar-refractivity contribution is 7.80. The molecule has 0 unspecified atom stereocenters. The van der Waals surface area contributed by atoms with Crippen LogP contribution in [0.2, 0.25) is 0 Å². The van der Waals surface area contributed by atoms with Gasteiger partial charge in [-0.1, -0.05) is 26.7 Å². The van der Waals surface area contributed by atoms with E-state index in [9.17, 15) is 14.9 Å². The van der Waals surface area contributed by atoms with E-state index in [2.05, 4.69) is 35.3 Å². The monoisotopic (exact) mass is 405 g/mol. The lowest BCUT2D eigenvalue weighted by atomic mass is 9.78. The number of hydrazine groups is 1. The standard InChI is InChI=1S/C19H27N5O3S/c1-11-4-3-5-15(12(11)2)21-19(28)23-22-18(25)13-6-9-16(20-14-7-8-14)17(10-13)24(26)27/h6,9-12,14-15,20H,3-5,7-8H2,1-2H3,(H,22,25)(H2,21,23,28)/t11-,12+,15-/m0/s1. The maximum atomic E-state index is 12.4. The third-order valence-corrected chi connectivity index (χ3v) is 5.93. The Morgan fingerprint density at radius 1 is 1.18 bits per heavy atom. The zero-order chi connectivity index (χ0) is 20.3. The quantitative estimate of drug-likeness (QED) is 0.339. The van der Waals surface area contributed by atoms with Gasteiger partial charge in [0.2, 0.25) is 0 Å². The zero-order valence-electron chi connectivity index (χ0n) is 16.2. The minimum Gasteiger partial charge on any atom is -0.377 e. The summed E-state index contributed by atoms with van der Waals surface area (Å²) in [5.74, 6) is 0.653. The lowest BCUT2D eigenvalue weighted by molar-refractivity contribution is -0.384. The molecule has 8 nitrogen and oxygen atoms in total. The second-order valence-corrected chi connectivity index (χ2v) is 8.24. The minimum atomic E-state index is -0.479. The summed E-state index contributed by atoms with van der Waals surface area (Å²) in [6.07, 6.45) is 5.44. The van der Waals surface area contributed by atoms with E-state index in [1.165, 1.54) is 12.5 Å². The molecule has 0 saturated heterocycles. The third kappa shape index (κ3) is 5.09. The lowest BCUT2D eigenvalue weighted by Gasteiger charge is -2.35. The van der Waals surface area contributed by atoms with Gasteiger partial charge < -0.3 is 10.6 Å². The molecule has 1 amide bonds. The first kappa shape index (κ1) is 20.3. The molecule has 3 atom stereocenters. The maximum absolute atomic E-state index is 12.4. The van der Waals surface area contributed by atoms with E-state index in [1.807, 2.05) is 0 Å². The number of hydrogen-bond donors (Lipinski definition) is 4. The molecule has 1 aromatic carbocycles. The van der Waals surface area contributed by atoms with Crippen LogP contribution in [0.1, 0.15) is 56.3 Å². The highest BCUT2D eigenvalue weighted by Crippen LogP contribution is 2.31. The van der Waals surface area contributed by atoms with Crippen molar-refractivity contribution in [3.63, 3.8) is 0 Å². The maximum Gasteiger partial charge on any atom is 0.293 e.